The van der Waals surface area contributed by atoms with Gasteiger partial charge in [0, 0.05) is 24.6 Å². The van der Waals surface area contributed by atoms with Gasteiger partial charge in [0.05, 0.1) is 0 Å². The third-order valence-electron chi connectivity index (χ3n) is 2.20. The number of terminal acetylenes is 1. The Morgan fingerprint density at radius 3 is 2.87 bits per heavy atom. The maximum absolute atomic E-state index is 9.57. The molecule has 0 aliphatic carbocycles. The minimum Gasteiger partial charge on any atom is -0.508 e. The highest BCUT2D eigenvalue weighted by atomic mass is 16.3. The van der Waals surface area contributed by atoms with Crippen LogP contribution in [-0.4, -0.2) is 16.8 Å². The summed E-state index contributed by atoms with van der Waals surface area (Å²) < 4.78 is 0. The average Bonchev–Trinajstić information content (AvgIpc) is 2.22. The van der Waals surface area contributed by atoms with E-state index in [1.165, 1.54) is 12.1 Å². The second-order valence-corrected chi connectivity index (χ2v) is 3.37. The Labute approximate surface area is 89.8 Å². The van der Waals surface area contributed by atoms with Crippen molar-refractivity contribution in [1.82, 2.24) is 5.32 Å². The molecule has 1 unspecified atom stereocenters. The minimum atomic E-state index is -0.0366. The van der Waals surface area contributed by atoms with E-state index < -0.39 is 0 Å². The van der Waals surface area contributed by atoms with Gasteiger partial charge in [-0.2, -0.15) is 0 Å². The monoisotopic (exact) mass is 205 g/mol. The fourth-order valence-electron chi connectivity index (χ4n) is 1.36. The van der Waals surface area contributed by atoms with Crippen LogP contribution in [-0.2, 0) is 0 Å². The summed E-state index contributed by atoms with van der Waals surface area (Å²) in [5, 5.41) is 22.0. The minimum absolute atomic E-state index is 0.0366. The third kappa shape index (κ3) is 3.19. The molecule has 0 radical (unpaired) electrons. The predicted molar refractivity (Wildman–Crippen MR) is 59.6 cm³/mol. The summed E-state index contributed by atoms with van der Waals surface area (Å²) >= 11 is 0. The van der Waals surface area contributed by atoms with Crippen molar-refractivity contribution in [3.8, 4) is 23.8 Å². The molecular formula is C12H15NO2. The summed E-state index contributed by atoms with van der Waals surface area (Å²) in [5.41, 5.74) is 0.673. The van der Waals surface area contributed by atoms with Crippen molar-refractivity contribution in [2.45, 2.75) is 19.4 Å². The van der Waals surface area contributed by atoms with Crippen molar-refractivity contribution in [2.75, 3.05) is 6.54 Å². The van der Waals surface area contributed by atoms with E-state index >= 15 is 0 Å². The van der Waals surface area contributed by atoms with Gasteiger partial charge in [-0.25, -0.2) is 0 Å². The van der Waals surface area contributed by atoms with Crippen molar-refractivity contribution in [3.05, 3.63) is 23.8 Å². The zero-order chi connectivity index (χ0) is 11.3. The Balaban J connectivity index is 2.69. The van der Waals surface area contributed by atoms with Crippen LogP contribution in [0.3, 0.4) is 0 Å². The lowest BCUT2D eigenvalue weighted by Gasteiger charge is -2.14. The summed E-state index contributed by atoms with van der Waals surface area (Å²) in [4.78, 5) is 0. The molecule has 0 aromatic heterocycles. The average molecular weight is 205 g/mol. The first kappa shape index (κ1) is 11.4. The molecule has 0 spiro atoms. The summed E-state index contributed by atoms with van der Waals surface area (Å²) in [6.45, 7) is 2.60. The highest BCUT2D eigenvalue weighted by Gasteiger charge is 2.09. The number of nitrogens with one attached hydrogen (secondary N) is 1. The molecule has 3 nitrogen and oxygen atoms in total. The van der Waals surface area contributed by atoms with Gasteiger partial charge >= 0.3 is 0 Å². The number of phenolic OH excluding ortho intramolecular Hbond substituents is 2. The molecule has 1 rings (SSSR count). The van der Waals surface area contributed by atoms with Crippen molar-refractivity contribution >= 4 is 0 Å². The lowest BCUT2D eigenvalue weighted by Crippen LogP contribution is -2.19. The maximum Gasteiger partial charge on any atom is 0.120 e. The molecule has 3 heteroatoms. The zero-order valence-corrected chi connectivity index (χ0v) is 8.70. The van der Waals surface area contributed by atoms with Crippen LogP contribution in [0.15, 0.2) is 18.2 Å². The van der Waals surface area contributed by atoms with Crippen LogP contribution >= 0.6 is 0 Å². The summed E-state index contributed by atoms with van der Waals surface area (Å²) in [6.07, 6.45) is 5.77. The molecule has 15 heavy (non-hydrogen) atoms. The molecule has 80 valence electrons. The lowest BCUT2D eigenvalue weighted by molar-refractivity contribution is 0.442. The first-order valence-corrected chi connectivity index (χ1v) is 4.84. The van der Waals surface area contributed by atoms with Crippen LogP contribution in [0.5, 0.6) is 11.5 Å². The zero-order valence-electron chi connectivity index (χ0n) is 8.70. The fourth-order valence-corrected chi connectivity index (χ4v) is 1.36. The summed E-state index contributed by atoms with van der Waals surface area (Å²) in [7, 11) is 0. The Kier molecular flexibility index (Phi) is 4.02. The molecule has 1 atom stereocenters. The quantitative estimate of drug-likeness (QED) is 0.399. The SMILES string of the molecule is C#CCCNC(C)c1cc(O)ccc1O. The van der Waals surface area contributed by atoms with Gasteiger partial charge in [-0.05, 0) is 25.1 Å². The van der Waals surface area contributed by atoms with Gasteiger partial charge in [0.15, 0.2) is 0 Å². The Bertz CT molecular complexity index is 368. The Morgan fingerprint density at radius 1 is 1.47 bits per heavy atom. The van der Waals surface area contributed by atoms with Gasteiger partial charge in [-0.3, -0.25) is 0 Å². The van der Waals surface area contributed by atoms with E-state index in [0.29, 0.717) is 18.5 Å². The van der Waals surface area contributed by atoms with E-state index in [2.05, 4.69) is 11.2 Å². The van der Waals surface area contributed by atoms with Gasteiger partial charge < -0.3 is 15.5 Å². The number of rotatable bonds is 4. The molecule has 0 aliphatic heterocycles. The highest BCUT2D eigenvalue weighted by molar-refractivity contribution is 5.40. The van der Waals surface area contributed by atoms with Gasteiger partial charge in [-0.1, -0.05) is 0 Å². The molecular weight excluding hydrogens is 190 g/mol. The van der Waals surface area contributed by atoms with E-state index in [4.69, 9.17) is 6.42 Å². The van der Waals surface area contributed by atoms with Crippen LogP contribution in [0, 0.1) is 12.3 Å². The molecule has 0 saturated heterocycles. The first-order chi connectivity index (χ1) is 7.15. The number of benzene rings is 1. The number of hydrogen-bond acceptors (Lipinski definition) is 3. The fraction of sp³-hybridized carbons (Fsp3) is 0.333. The van der Waals surface area contributed by atoms with E-state index in [1.54, 1.807) is 6.07 Å². The second kappa shape index (κ2) is 5.28. The van der Waals surface area contributed by atoms with Gasteiger partial charge in [0.1, 0.15) is 11.5 Å². The molecule has 0 aliphatic rings. The normalized spacial score (nSPS) is 12.0. The number of aromatic hydroxyl groups is 2. The van der Waals surface area contributed by atoms with Crippen LogP contribution < -0.4 is 5.32 Å². The highest BCUT2D eigenvalue weighted by Crippen LogP contribution is 2.27. The van der Waals surface area contributed by atoms with E-state index in [1.807, 2.05) is 6.92 Å². The van der Waals surface area contributed by atoms with Crippen LogP contribution in [0.1, 0.15) is 24.9 Å². The Hall–Kier alpha value is -1.66. The molecule has 3 N–H and O–H groups in total. The topological polar surface area (TPSA) is 52.5 Å². The molecule has 1 aromatic carbocycles. The third-order valence-corrected chi connectivity index (χ3v) is 2.20. The number of hydrogen-bond donors (Lipinski definition) is 3. The van der Waals surface area contributed by atoms with Crippen molar-refractivity contribution in [2.24, 2.45) is 0 Å². The largest absolute Gasteiger partial charge is 0.508 e. The Morgan fingerprint density at radius 2 is 2.20 bits per heavy atom. The molecule has 0 amide bonds. The van der Waals surface area contributed by atoms with Crippen molar-refractivity contribution in [3.63, 3.8) is 0 Å². The summed E-state index contributed by atoms with van der Waals surface area (Å²) in [6, 6.07) is 4.44. The molecule has 0 fully saturated rings. The summed E-state index contributed by atoms with van der Waals surface area (Å²) in [5.74, 6) is 2.85. The lowest BCUT2D eigenvalue weighted by atomic mass is 10.1. The molecule has 1 aromatic rings. The molecule has 0 heterocycles. The van der Waals surface area contributed by atoms with E-state index in [0.717, 1.165) is 0 Å². The second-order valence-electron chi connectivity index (χ2n) is 3.37. The maximum atomic E-state index is 9.57. The molecule has 0 bridgehead atoms. The predicted octanol–water partition coefficient (Wildman–Crippen LogP) is 1.77. The van der Waals surface area contributed by atoms with E-state index in [-0.39, 0.29) is 17.5 Å². The van der Waals surface area contributed by atoms with Crippen LogP contribution in [0.2, 0.25) is 0 Å². The van der Waals surface area contributed by atoms with Gasteiger partial charge in [0.2, 0.25) is 0 Å². The van der Waals surface area contributed by atoms with Crippen LogP contribution in [0.4, 0.5) is 0 Å². The van der Waals surface area contributed by atoms with E-state index in [9.17, 15) is 10.2 Å². The smallest absolute Gasteiger partial charge is 0.120 e. The van der Waals surface area contributed by atoms with Crippen molar-refractivity contribution < 1.29 is 10.2 Å². The number of phenols is 2. The van der Waals surface area contributed by atoms with Gasteiger partial charge in [0.25, 0.3) is 0 Å². The molecule has 0 saturated carbocycles. The standard InChI is InChI=1S/C12H15NO2/c1-3-4-7-13-9(2)11-8-10(14)5-6-12(11)15/h1,5-6,8-9,13-15H,4,7H2,2H3. The van der Waals surface area contributed by atoms with Crippen LogP contribution in [0.25, 0.3) is 0 Å². The van der Waals surface area contributed by atoms with Gasteiger partial charge in [-0.15, -0.1) is 12.3 Å². The first-order valence-electron chi connectivity index (χ1n) is 4.84. The van der Waals surface area contributed by atoms with Crippen molar-refractivity contribution in [1.29, 1.82) is 0 Å².